The molecule has 1 unspecified atom stereocenters. The Hall–Kier alpha value is -1.95. The molecule has 1 aromatic carbocycles. The molecule has 1 spiro atoms. The van der Waals surface area contributed by atoms with Crippen LogP contribution in [0.15, 0.2) is 23.2 Å². The van der Waals surface area contributed by atoms with Crippen molar-refractivity contribution in [3.8, 4) is 11.5 Å². The smallest absolute Gasteiger partial charge is 0.193 e. The van der Waals surface area contributed by atoms with Gasteiger partial charge in [-0.25, -0.2) is 0 Å². The molecule has 0 aliphatic carbocycles. The molecule has 6 nitrogen and oxygen atoms in total. The third-order valence-corrected chi connectivity index (χ3v) is 5.44. The summed E-state index contributed by atoms with van der Waals surface area (Å²) >= 11 is 0. The first-order valence-corrected chi connectivity index (χ1v) is 10.1. The number of likely N-dealkylation sites (tertiary alicyclic amines) is 1. The molecule has 1 N–H and O–H groups in total. The molecule has 0 radical (unpaired) electrons. The predicted octanol–water partition coefficient (Wildman–Crippen LogP) is 2.71. The van der Waals surface area contributed by atoms with E-state index < -0.39 is 0 Å². The molecule has 1 atom stereocenters. The number of nitrogens with zero attached hydrogens (tertiary/aromatic N) is 2. The number of rotatable bonds is 7. The Bertz CT molecular complexity index is 642. The first kappa shape index (κ1) is 19.8. The zero-order chi connectivity index (χ0) is 19.1. The molecule has 0 amide bonds. The summed E-state index contributed by atoms with van der Waals surface area (Å²) in [7, 11) is 1.86. The molecule has 0 saturated carbocycles. The van der Waals surface area contributed by atoms with Crippen molar-refractivity contribution in [2.45, 2.75) is 33.1 Å². The van der Waals surface area contributed by atoms with Crippen molar-refractivity contribution in [2.24, 2.45) is 10.4 Å². The van der Waals surface area contributed by atoms with Crippen LogP contribution in [-0.4, -0.2) is 64.0 Å². The summed E-state index contributed by atoms with van der Waals surface area (Å²) in [5, 5.41) is 3.52. The van der Waals surface area contributed by atoms with E-state index in [0.29, 0.717) is 18.6 Å². The number of benzene rings is 1. The monoisotopic (exact) mass is 375 g/mol. The molecule has 27 heavy (non-hydrogen) atoms. The van der Waals surface area contributed by atoms with E-state index in [1.165, 1.54) is 18.4 Å². The molecular weight excluding hydrogens is 342 g/mol. The van der Waals surface area contributed by atoms with E-state index in [4.69, 9.17) is 14.2 Å². The molecule has 2 aliphatic heterocycles. The van der Waals surface area contributed by atoms with Crippen LogP contribution in [0.4, 0.5) is 0 Å². The minimum atomic E-state index is 0.346. The van der Waals surface area contributed by atoms with Crippen molar-refractivity contribution in [3.05, 3.63) is 23.8 Å². The Morgan fingerprint density at radius 2 is 2.04 bits per heavy atom. The van der Waals surface area contributed by atoms with E-state index in [1.807, 2.05) is 27.0 Å². The van der Waals surface area contributed by atoms with E-state index in [2.05, 4.69) is 27.3 Å². The highest BCUT2D eigenvalue weighted by Crippen LogP contribution is 2.38. The number of nitrogens with one attached hydrogen (secondary N) is 1. The first-order chi connectivity index (χ1) is 13.2. The fraction of sp³-hybridized carbons (Fsp3) is 0.667. The highest BCUT2D eigenvalue weighted by Gasteiger charge is 2.42. The highest BCUT2D eigenvalue weighted by molar-refractivity contribution is 5.80. The Morgan fingerprint density at radius 1 is 1.22 bits per heavy atom. The molecule has 2 aliphatic rings. The third kappa shape index (κ3) is 4.86. The van der Waals surface area contributed by atoms with E-state index in [0.717, 1.165) is 56.7 Å². The van der Waals surface area contributed by atoms with Crippen molar-refractivity contribution in [2.75, 3.05) is 53.1 Å². The van der Waals surface area contributed by atoms with E-state index >= 15 is 0 Å². The van der Waals surface area contributed by atoms with Gasteiger partial charge in [-0.1, -0.05) is 6.07 Å². The van der Waals surface area contributed by atoms with Crippen molar-refractivity contribution in [1.82, 2.24) is 10.2 Å². The van der Waals surface area contributed by atoms with Crippen LogP contribution in [0.2, 0.25) is 0 Å². The quantitative estimate of drug-likeness (QED) is 0.587. The van der Waals surface area contributed by atoms with Crippen LogP contribution >= 0.6 is 0 Å². The molecule has 0 aromatic heterocycles. The topological polar surface area (TPSA) is 55.3 Å². The molecular formula is C21H33N3O3. The molecule has 3 rings (SSSR count). The average molecular weight is 376 g/mol. The van der Waals surface area contributed by atoms with Crippen molar-refractivity contribution in [1.29, 1.82) is 0 Å². The van der Waals surface area contributed by atoms with Gasteiger partial charge < -0.3 is 24.4 Å². The molecule has 6 heteroatoms. The molecule has 0 bridgehead atoms. The number of aliphatic imine (C=N–C) groups is 1. The van der Waals surface area contributed by atoms with Gasteiger partial charge in [0.15, 0.2) is 17.5 Å². The lowest BCUT2D eigenvalue weighted by Crippen LogP contribution is -2.42. The largest absolute Gasteiger partial charge is 0.490 e. The maximum absolute atomic E-state index is 5.72. The van der Waals surface area contributed by atoms with Gasteiger partial charge in [0, 0.05) is 38.7 Å². The van der Waals surface area contributed by atoms with Crippen LogP contribution in [0.3, 0.4) is 0 Å². The molecule has 150 valence electrons. The second kappa shape index (κ2) is 9.31. The maximum Gasteiger partial charge on any atom is 0.193 e. The summed E-state index contributed by atoms with van der Waals surface area (Å²) in [5.41, 5.74) is 1.57. The third-order valence-electron chi connectivity index (χ3n) is 5.44. The minimum Gasteiger partial charge on any atom is -0.490 e. The normalized spacial score (nSPS) is 22.5. The van der Waals surface area contributed by atoms with Gasteiger partial charge in [-0.2, -0.15) is 0 Å². The van der Waals surface area contributed by atoms with E-state index in [-0.39, 0.29) is 0 Å². The Morgan fingerprint density at radius 3 is 2.74 bits per heavy atom. The minimum absolute atomic E-state index is 0.346. The SMILES string of the molecule is CCOc1ccc(CCNC(=NC)N2CCC3(CCOC3)C2)cc1OCC. The molecule has 2 saturated heterocycles. The summed E-state index contributed by atoms with van der Waals surface area (Å²) in [6.07, 6.45) is 3.28. The van der Waals surface area contributed by atoms with Crippen molar-refractivity contribution < 1.29 is 14.2 Å². The summed E-state index contributed by atoms with van der Waals surface area (Å²) in [6.45, 7) is 9.99. The summed E-state index contributed by atoms with van der Waals surface area (Å²) < 4.78 is 17.0. The summed E-state index contributed by atoms with van der Waals surface area (Å²) in [4.78, 5) is 6.86. The van der Waals surface area contributed by atoms with Gasteiger partial charge in [-0.15, -0.1) is 0 Å². The second-order valence-electron chi connectivity index (χ2n) is 7.35. The van der Waals surface area contributed by atoms with Crippen LogP contribution in [0.5, 0.6) is 11.5 Å². The van der Waals surface area contributed by atoms with Gasteiger partial charge in [-0.05, 0) is 50.8 Å². The van der Waals surface area contributed by atoms with Gasteiger partial charge in [0.25, 0.3) is 0 Å². The number of hydrogen-bond donors (Lipinski definition) is 1. The van der Waals surface area contributed by atoms with Crippen LogP contribution in [0.1, 0.15) is 32.3 Å². The lowest BCUT2D eigenvalue weighted by Gasteiger charge is -2.25. The van der Waals surface area contributed by atoms with Gasteiger partial charge >= 0.3 is 0 Å². The van der Waals surface area contributed by atoms with Crippen LogP contribution in [-0.2, 0) is 11.2 Å². The van der Waals surface area contributed by atoms with Crippen LogP contribution < -0.4 is 14.8 Å². The van der Waals surface area contributed by atoms with Crippen molar-refractivity contribution in [3.63, 3.8) is 0 Å². The summed E-state index contributed by atoms with van der Waals surface area (Å²) in [6, 6.07) is 6.20. The average Bonchev–Trinajstić information content (AvgIpc) is 3.31. The Labute approximate surface area is 162 Å². The highest BCUT2D eigenvalue weighted by atomic mass is 16.5. The molecule has 2 fully saturated rings. The number of ether oxygens (including phenoxy) is 3. The molecule has 2 heterocycles. The summed E-state index contributed by atoms with van der Waals surface area (Å²) in [5.74, 6) is 2.63. The number of hydrogen-bond acceptors (Lipinski definition) is 4. The van der Waals surface area contributed by atoms with Crippen molar-refractivity contribution >= 4 is 5.96 Å². The lowest BCUT2D eigenvalue weighted by molar-refractivity contribution is 0.156. The van der Waals surface area contributed by atoms with Crippen LogP contribution in [0, 0.1) is 5.41 Å². The molecule has 1 aromatic rings. The van der Waals surface area contributed by atoms with E-state index in [9.17, 15) is 0 Å². The maximum atomic E-state index is 5.72. The van der Waals surface area contributed by atoms with Gasteiger partial charge in [0.2, 0.25) is 0 Å². The van der Waals surface area contributed by atoms with Crippen LogP contribution in [0.25, 0.3) is 0 Å². The Kier molecular flexibility index (Phi) is 6.83. The fourth-order valence-corrected chi connectivity index (χ4v) is 3.99. The standard InChI is InChI=1S/C21H33N3O3/c1-4-26-18-7-6-17(14-19(18)27-5-2)8-11-23-20(22-3)24-12-9-21(15-24)10-13-25-16-21/h6-7,14H,4-5,8-13,15-16H2,1-3H3,(H,22,23). The Balaban J connectivity index is 1.53. The van der Waals surface area contributed by atoms with Gasteiger partial charge in [0.1, 0.15) is 0 Å². The zero-order valence-electron chi connectivity index (χ0n) is 16.9. The predicted molar refractivity (Wildman–Crippen MR) is 108 cm³/mol. The fourth-order valence-electron chi connectivity index (χ4n) is 3.99. The van der Waals surface area contributed by atoms with Gasteiger partial charge in [-0.3, -0.25) is 4.99 Å². The number of guanidine groups is 1. The van der Waals surface area contributed by atoms with E-state index in [1.54, 1.807) is 0 Å². The first-order valence-electron chi connectivity index (χ1n) is 10.1. The second-order valence-corrected chi connectivity index (χ2v) is 7.35. The zero-order valence-corrected chi connectivity index (χ0v) is 16.9. The van der Waals surface area contributed by atoms with Gasteiger partial charge in [0.05, 0.1) is 19.8 Å². The lowest BCUT2D eigenvalue weighted by atomic mass is 9.87.